The molecule has 0 radical (unpaired) electrons. The molecule has 0 saturated carbocycles. The Hall–Kier alpha value is -2.37. The number of carbonyl (C=O) groups excluding carboxylic acids is 3. The van der Waals surface area contributed by atoms with Crippen LogP contribution in [0.5, 0.6) is 0 Å². The molecule has 0 aliphatic rings. The minimum atomic E-state index is -1.27. The summed E-state index contributed by atoms with van der Waals surface area (Å²) in [4.78, 5) is 31.8. The zero-order chi connectivity index (χ0) is 13.5. The average molecular weight is 249 g/mol. The first-order valence-corrected chi connectivity index (χ1v) is 5.26. The van der Waals surface area contributed by atoms with E-state index in [0.29, 0.717) is 5.56 Å². The normalized spacial score (nSPS) is 9.78. The molecule has 96 valence electrons. The van der Waals surface area contributed by atoms with Gasteiger partial charge in [0, 0.05) is 18.9 Å². The largest absolute Gasteiger partial charge is 0.550 e. The second-order valence-corrected chi connectivity index (χ2v) is 3.63. The van der Waals surface area contributed by atoms with Crippen molar-refractivity contribution < 1.29 is 24.6 Å². The van der Waals surface area contributed by atoms with Crippen LogP contribution in [-0.4, -0.2) is 17.8 Å². The molecule has 1 aromatic rings. The van der Waals surface area contributed by atoms with Gasteiger partial charge < -0.3 is 25.1 Å². The van der Waals surface area contributed by atoms with Gasteiger partial charge in [0.05, 0.1) is 5.97 Å². The number of hydrogen-bond acceptors (Lipinski definition) is 5. The summed E-state index contributed by atoms with van der Waals surface area (Å²) in [6.07, 6.45) is -0.463. The SMILES string of the molecule is O=C([O-])CCC(=O)NCc1ccc(C(=O)[O-])cc1. The van der Waals surface area contributed by atoms with E-state index >= 15 is 0 Å². The van der Waals surface area contributed by atoms with Crippen LogP contribution in [0, 0.1) is 0 Å². The quantitative estimate of drug-likeness (QED) is 0.639. The highest BCUT2D eigenvalue weighted by Crippen LogP contribution is 2.03. The zero-order valence-electron chi connectivity index (χ0n) is 9.47. The number of carbonyl (C=O) groups is 3. The molecule has 1 rings (SSSR count). The number of aliphatic carboxylic acids is 1. The van der Waals surface area contributed by atoms with Crippen LogP contribution in [0.2, 0.25) is 0 Å². The molecule has 1 N–H and O–H groups in total. The van der Waals surface area contributed by atoms with Crippen molar-refractivity contribution in [3.05, 3.63) is 35.4 Å². The second-order valence-electron chi connectivity index (χ2n) is 3.63. The lowest BCUT2D eigenvalue weighted by molar-refractivity contribution is -0.305. The molecule has 1 amide bonds. The lowest BCUT2D eigenvalue weighted by atomic mass is 10.1. The summed E-state index contributed by atoms with van der Waals surface area (Å²) < 4.78 is 0. The maximum atomic E-state index is 11.2. The fourth-order valence-corrected chi connectivity index (χ4v) is 1.26. The number of hydrogen-bond donors (Lipinski definition) is 1. The highest BCUT2D eigenvalue weighted by molar-refractivity contribution is 5.85. The van der Waals surface area contributed by atoms with Crippen LogP contribution in [-0.2, 0) is 16.1 Å². The van der Waals surface area contributed by atoms with Crippen molar-refractivity contribution in [2.24, 2.45) is 0 Å². The van der Waals surface area contributed by atoms with E-state index < -0.39 is 17.8 Å². The highest BCUT2D eigenvalue weighted by Gasteiger charge is 2.01. The Labute approximate surface area is 103 Å². The Bertz CT molecular complexity index is 452. The number of benzene rings is 1. The van der Waals surface area contributed by atoms with Crippen LogP contribution in [0.4, 0.5) is 0 Å². The fraction of sp³-hybridized carbons (Fsp3) is 0.250. The van der Waals surface area contributed by atoms with Crippen LogP contribution >= 0.6 is 0 Å². The van der Waals surface area contributed by atoms with Gasteiger partial charge in [0.25, 0.3) is 0 Å². The van der Waals surface area contributed by atoms with Gasteiger partial charge in [-0.2, -0.15) is 0 Å². The Morgan fingerprint density at radius 1 is 1.00 bits per heavy atom. The molecule has 18 heavy (non-hydrogen) atoms. The van der Waals surface area contributed by atoms with E-state index in [1.54, 1.807) is 12.1 Å². The first-order chi connectivity index (χ1) is 8.49. The van der Waals surface area contributed by atoms with Crippen molar-refractivity contribution in [1.82, 2.24) is 5.32 Å². The van der Waals surface area contributed by atoms with E-state index in [9.17, 15) is 24.6 Å². The lowest BCUT2D eigenvalue weighted by Crippen LogP contribution is -2.27. The fourth-order valence-electron chi connectivity index (χ4n) is 1.26. The van der Waals surface area contributed by atoms with Crippen LogP contribution < -0.4 is 15.5 Å². The summed E-state index contributed by atoms with van der Waals surface area (Å²) in [5, 5.41) is 23.1. The van der Waals surface area contributed by atoms with Crippen molar-refractivity contribution in [1.29, 1.82) is 0 Å². The summed E-state index contributed by atoms with van der Waals surface area (Å²) in [6, 6.07) is 5.84. The Morgan fingerprint density at radius 3 is 2.11 bits per heavy atom. The number of rotatable bonds is 6. The van der Waals surface area contributed by atoms with Crippen LogP contribution in [0.15, 0.2) is 24.3 Å². The van der Waals surface area contributed by atoms with E-state index in [4.69, 9.17) is 0 Å². The number of amides is 1. The smallest absolute Gasteiger partial charge is 0.220 e. The first kappa shape index (κ1) is 13.7. The average Bonchev–Trinajstić information content (AvgIpc) is 2.34. The van der Waals surface area contributed by atoms with Gasteiger partial charge in [-0.15, -0.1) is 0 Å². The molecule has 0 aromatic heterocycles. The lowest BCUT2D eigenvalue weighted by Gasteiger charge is -2.07. The first-order valence-electron chi connectivity index (χ1n) is 5.26. The van der Waals surface area contributed by atoms with Gasteiger partial charge in [-0.05, 0) is 17.5 Å². The molecule has 0 unspecified atom stereocenters. The third kappa shape index (κ3) is 4.65. The summed E-state index contributed by atoms with van der Waals surface area (Å²) in [7, 11) is 0. The molecule has 0 atom stereocenters. The molecule has 0 spiro atoms. The maximum Gasteiger partial charge on any atom is 0.220 e. The second kappa shape index (κ2) is 6.39. The minimum absolute atomic E-state index is 0.0574. The van der Waals surface area contributed by atoms with Gasteiger partial charge in [0.1, 0.15) is 0 Å². The Kier molecular flexibility index (Phi) is 4.86. The van der Waals surface area contributed by atoms with Crippen molar-refractivity contribution in [2.75, 3.05) is 0 Å². The van der Waals surface area contributed by atoms with E-state index in [1.807, 2.05) is 0 Å². The van der Waals surface area contributed by atoms with Gasteiger partial charge in [-0.25, -0.2) is 0 Å². The minimum Gasteiger partial charge on any atom is -0.550 e. The Morgan fingerprint density at radius 2 is 1.61 bits per heavy atom. The summed E-state index contributed by atoms with van der Waals surface area (Å²) in [6.45, 7) is 0.208. The van der Waals surface area contributed by atoms with E-state index in [2.05, 4.69) is 5.32 Å². The van der Waals surface area contributed by atoms with Crippen LogP contribution in [0.25, 0.3) is 0 Å². The predicted octanol–water partition coefficient (Wildman–Crippen LogP) is -1.80. The van der Waals surface area contributed by atoms with Crippen molar-refractivity contribution in [2.45, 2.75) is 19.4 Å². The molecule has 0 saturated heterocycles. The summed E-state index contributed by atoms with van der Waals surface area (Å²) in [5.41, 5.74) is 0.767. The molecule has 0 fully saturated rings. The molecule has 0 bridgehead atoms. The third-order valence-electron chi connectivity index (χ3n) is 2.24. The number of nitrogens with one attached hydrogen (secondary N) is 1. The van der Waals surface area contributed by atoms with Crippen molar-refractivity contribution in [3.8, 4) is 0 Å². The van der Waals surface area contributed by atoms with E-state index in [-0.39, 0.29) is 24.9 Å². The van der Waals surface area contributed by atoms with Gasteiger partial charge in [-0.3, -0.25) is 4.79 Å². The number of carboxylic acid groups (broad SMARTS) is 2. The van der Waals surface area contributed by atoms with E-state index in [0.717, 1.165) is 0 Å². The van der Waals surface area contributed by atoms with Crippen LogP contribution in [0.3, 0.4) is 0 Å². The highest BCUT2D eigenvalue weighted by atomic mass is 16.4. The standard InChI is InChI=1S/C12H13NO5/c14-10(5-6-11(15)16)13-7-8-1-3-9(4-2-8)12(17)18/h1-4H,5-7H2,(H,13,14)(H,15,16)(H,17,18)/p-2. The third-order valence-corrected chi connectivity index (χ3v) is 2.24. The summed E-state index contributed by atoms with van der Waals surface area (Å²) in [5.74, 6) is -2.94. The Balaban J connectivity index is 2.41. The van der Waals surface area contributed by atoms with Gasteiger partial charge in [0.15, 0.2) is 0 Å². The molecule has 6 heteroatoms. The molecular formula is C12H11NO5-2. The number of aromatic carboxylic acids is 1. The molecule has 1 aromatic carbocycles. The number of carboxylic acids is 2. The van der Waals surface area contributed by atoms with Crippen LogP contribution in [0.1, 0.15) is 28.8 Å². The van der Waals surface area contributed by atoms with E-state index in [1.165, 1.54) is 12.1 Å². The van der Waals surface area contributed by atoms with Gasteiger partial charge in [-0.1, -0.05) is 24.3 Å². The molecule has 6 nitrogen and oxygen atoms in total. The van der Waals surface area contributed by atoms with Gasteiger partial charge in [0.2, 0.25) is 5.91 Å². The van der Waals surface area contributed by atoms with Crippen molar-refractivity contribution >= 4 is 17.8 Å². The predicted molar refractivity (Wildman–Crippen MR) is 56.9 cm³/mol. The summed E-state index contributed by atoms with van der Waals surface area (Å²) >= 11 is 0. The monoisotopic (exact) mass is 249 g/mol. The maximum absolute atomic E-state index is 11.2. The van der Waals surface area contributed by atoms with Crippen molar-refractivity contribution in [3.63, 3.8) is 0 Å². The molecular weight excluding hydrogens is 238 g/mol. The molecule has 0 aliphatic carbocycles. The molecule has 0 aliphatic heterocycles. The van der Waals surface area contributed by atoms with Gasteiger partial charge >= 0.3 is 0 Å². The topological polar surface area (TPSA) is 109 Å². The zero-order valence-corrected chi connectivity index (χ0v) is 9.47. The molecule has 0 heterocycles.